The maximum atomic E-state index is 12.8. The highest BCUT2D eigenvalue weighted by atomic mass is 32.1. The molecule has 3 aromatic rings. The first-order valence-electron chi connectivity index (χ1n) is 9.15. The first-order chi connectivity index (χ1) is 13.6. The summed E-state index contributed by atoms with van der Waals surface area (Å²) >= 11 is 3.14. The number of pyridine rings is 1. The molecule has 1 N–H and O–H groups in total. The van der Waals surface area contributed by atoms with Crippen LogP contribution < -0.4 is 10.2 Å². The van der Waals surface area contributed by atoms with Crippen LogP contribution in [-0.4, -0.2) is 52.9 Å². The van der Waals surface area contributed by atoms with Crippen LogP contribution in [0.4, 0.5) is 5.13 Å². The first-order valence-corrected chi connectivity index (χ1v) is 10.8. The number of amides is 2. The SMILES string of the molecule is CC(=O)NC(CC(=O)N1CCN(c2nc3cccnc3s2)CC1)c1cccs1. The number of thiazole rings is 1. The molecule has 1 aliphatic rings. The lowest BCUT2D eigenvalue weighted by Crippen LogP contribution is -2.49. The van der Waals surface area contributed by atoms with E-state index < -0.39 is 0 Å². The zero-order valence-corrected chi connectivity index (χ0v) is 17.1. The minimum absolute atomic E-state index is 0.0674. The highest BCUT2D eigenvalue weighted by Crippen LogP contribution is 2.28. The second kappa shape index (κ2) is 8.24. The number of rotatable bonds is 5. The number of aromatic nitrogens is 2. The van der Waals surface area contributed by atoms with Gasteiger partial charge in [0.05, 0.1) is 12.5 Å². The normalized spacial score (nSPS) is 15.6. The standard InChI is InChI=1S/C19H21N5O2S2/c1-13(25)21-15(16-5-3-11-27-16)12-17(26)23-7-9-24(10-8-23)19-22-14-4-2-6-20-18(14)28-19/h2-6,11,15H,7-10,12H2,1H3,(H,21,25). The van der Waals surface area contributed by atoms with Crippen molar-refractivity contribution in [2.45, 2.75) is 19.4 Å². The smallest absolute Gasteiger partial charge is 0.225 e. The van der Waals surface area contributed by atoms with Crippen molar-refractivity contribution in [1.29, 1.82) is 0 Å². The van der Waals surface area contributed by atoms with Crippen LogP contribution in [0.1, 0.15) is 24.3 Å². The van der Waals surface area contributed by atoms with E-state index in [4.69, 9.17) is 0 Å². The topological polar surface area (TPSA) is 78.4 Å². The van der Waals surface area contributed by atoms with E-state index in [1.165, 1.54) is 6.92 Å². The van der Waals surface area contributed by atoms with E-state index >= 15 is 0 Å². The Labute approximate surface area is 171 Å². The summed E-state index contributed by atoms with van der Waals surface area (Å²) in [5.41, 5.74) is 0.912. The lowest BCUT2D eigenvalue weighted by molar-refractivity contribution is -0.132. The number of fused-ring (bicyclic) bond motifs is 1. The molecule has 28 heavy (non-hydrogen) atoms. The average molecular weight is 416 g/mol. The molecular formula is C19H21N5O2S2. The second-order valence-corrected chi connectivity index (χ2v) is 8.60. The number of hydrogen-bond donors (Lipinski definition) is 1. The van der Waals surface area contributed by atoms with Gasteiger partial charge in [0.1, 0.15) is 10.3 Å². The Morgan fingerprint density at radius 2 is 2.04 bits per heavy atom. The van der Waals surface area contributed by atoms with E-state index in [9.17, 15) is 9.59 Å². The second-order valence-electron chi connectivity index (χ2n) is 6.66. The molecule has 3 aromatic heterocycles. The van der Waals surface area contributed by atoms with E-state index in [1.807, 2.05) is 34.5 Å². The number of hydrogen-bond acceptors (Lipinski definition) is 7. The maximum Gasteiger partial charge on any atom is 0.225 e. The molecule has 1 atom stereocenters. The molecule has 4 rings (SSSR count). The van der Waals surface area contributed by atoms with Gasteiger partial charge in [-0.2, -0.15) is 0 Å². The number of anilines is 1. The van der Waals surface area contributed by atoms with Crippen LogP contribution in [0.3, 0.4) is 0 Å². The predicted molar refractivity (Wildman–Crippen MR) is 112 cm³/mol. The highest BCUT2D eigenvalue weighted by molar-refractivity contribution is 7.21. The number of thiophene rings is 1. The van der Waals surface area contributed by atoms with Crippen molar-refractivity contribution in [2.75, 3.05) is 31.1 Å². The van der Waals surface area contributed by atoms with Crippen molar-refractivity contribution in [3.63, 3.8) is 0 Å². The van der Waals surface area contributed by atoms with Crippen LogP contribution in [0.2, 0.25) is 0 Å². The van der Waals surface area contributed by atoms with Crippen LogP contribution in [0, 0.1) is 0 Å². The molecule has 0 aliphatic carbocycles. The summed E-state index contributed by atoms with van der Waals surface area (Å²) in [5, 5.41) is 5.81. The molecule has 2 amide bonds. The van der Waals surface area contributed by atoms with Gasteiger partial charge >= 0.3 is 0 Å². The monoisotopic (exact) mass is 415 g/mol. The molecule has 4 heterocycles. The lowest BCUT2D eigenvalue weighted by atomic mass is 10.1. The quantitative estimate of drug-likeness (QED) is 0.693. The van der Waals surface area contributed by atoms with Gasteiger partial charge in [0, 0.05) is 44.2 Å². The number of nitrogens with zero attached hydrogens (tertiary/aromatic N) is 4. The maximum absolute atomic E-state index is 12.8. The molecule has 1 aliphatic heterocycles. The van der Waals surface area contributed by atoms with Gasteiger partial charge in [0.2, 0.25) is 11.8 Å². The van der Waals surface area contributed by atoms with Gasteiger partial charge in [0.25, 0.3) is 0 Å². The summed E-state index contributed by atoms with van der Waals surface area (Å²) in [6, 6.07) is 7.48. The van der Waals surface area contributed by atoms with E-state index in [0.717, 1.165) is 33.4 Å². The molecule has 7 nitrogen and oxygen atoms in total. The van der Waals surface area contributed by atoms with Crippen LogP contribution >= 0.6 is 22.7 Å². The summed E-state index contributed by atoms with van der Waals surface area (Å²) in [4.78, 5) is 39.4. The summed E-state index contributed by atoms with van der Waals surface area (Å²) in [6.07, 6.45) is 2.06. The first kappa shape index (κ1) is 18.8. The zero-order chi connectivity index (χ0) is 19.5. The van der Waals surface area contributed by atoms with Crippen molar-refractivity contribution in [1.82, 2.24) is 20.2 Å². The van der Waals surface area contributed by atoms with Gasteiger partial charge in [-0.25, -0.2) is 9.97 Å². The van der Waals surface area contributed by atoms with Gasteiger partial charge in [-0.15, -0.1) is 11.3 Å². The minimum Gasteiger partial charge on any atom is -0.348 e. The van der Waals surface area contributed by atoms with Gasteiger partial charge in [-0.3, -0.25) is 9.59 Å². The fraction of sp³-hybridized carbons (Fsp3) is 0.368. The molecule has 1 fully saturated rings. The van der Waals surface area contributed by atoms with Crippen molar-refractivity contribution < 1.29 is 9.59 Å². The molecule has 9 heteroatoms. The molecule has 0 aromatic carbocycles. The molecular weight excluding hydrogens is 394 g/mol. The summed E-state index contributed by atoms with van der Waals surface area (Å²) in [6.45, 7) is 4.28. The van der Waals surface area contributed by atoms with Crippen molar-refractivity contribution >= 4 is 50.0 Å². The van der Waals surface area contributed by atoms with Crippen LogP contribution in [-0.2, 0) is 9.59 Å². The zero-order valence-electron chi connectivity index (χ0n) is 15.5. The Bertz CT molecular complexity index is 931. The van der Waals surface area contributed by atoms with Crippen molar-refractivity contribution in [2.24, 2.45) is 0 Å². The van der Waals surface area contributed by atoms with E-state index in [1.54, 1.807) is 28.9 Å². The summed E-state index contributed by atoms with van der Waals surface area (Å²) < 4.78 is 0. The highest BCUT2D eigenvalue weighted by Gasteiger charge is 2.26. The Kier molecular flexibility index (Phi) is 5.54. The summed E-state index contributed by atoms with van der Waals surface area (Å²) in [7, 11) is 0. The molecule has 0 radical (unpaired) electrons. The van der Waals surface area contributed by atoms with Gasteiger partial charge in [-0.1, -0.05) is 17.4 Å². The van der Waals surface area contributed by atoms with Gasteiger partial charge in [0.15, 0.2) is 5.13 Å². The third kappa shape index (κ3) is 4.15. The fourth-order valence-corrected chi connectivity index (χ4v) is 5.04. The van der Waals surface area contributed by atoms with E-state index in [-0.39, 0.29) is 24.3 Å². The Morgan fingerprint density at radius 1 is 1.21 bits per heavy atom. The average Bonchev–Trinajstić information content (AvgIpc) is 3.37. The number of piperazine rings is 1. The Morgan fingerprint density at radius 3 is 2.71 bits per heavy atom. The van der Waals surface area contributed by atoms with E-state index in [0.29, 0.717) is 13.1 Å². The summed E-state index contributed by atoms with van der Waals surface area (Å²) in [5.74, 6) is -0.0572. The lowest BCUT2D eigenvalue weighted by Gasteiger charge is -2.35. The Balaban J connectivity index is 1.37. The molecule has 0 bridgehead atoms. The fourth-order valence-electron chi connectivity index (χ4n) is 3.30. The van der Waals surface area contributed by atoms with Gasteiger partial charge < -0.3 is 15.1 Å². The van der Waals surface area contributed by atoms with Crippen LogP contribution in [0.15, 0.2) is 35.8 Å². The van der Waals surface area contributed by atoms with E-state index in [2.05, 4.69) is 20.2 Å². The van der Waals surface area contributed by atoms with Crippen molar-refractivity contribution in [3.8, 4) is 0 Å². The molecule has 1 saturated heterocycles. The molecule has 1 unspecified atom stereocenters. The number of nitrogens with one attached hydrogen (secondary N) is 1. The largest absolute Gasteiger partial charge is 0.348 e. The molecule has 0 spiro atoms. The van der Waals surface area contributed by atoms with Gasteiger partial charge in [-0.05, 0) is 23.6 Å². The third-order valence-corrected chi connectivity index (χ3v) is 6.73. The predicted octanol–water partition coefficient (Wildman–Crippen LogP) is 2.67. The third-order valence-electron chi connectivity index (χ3n) is 4.70. The minimum atomic E-state index is -0.265. The van der Waals surface area contributed by atoms with Crippen LogP contribution in [0.5, 0.6) is 0 Å². The number of carbonyl (C=O) groups is 2. The van der Waals surface area contributed by atoms with Crippen molar-refractivity contribution in [3.05, 3.63) is 40.7 Å². The Hall–Kier alpha value is -2.52. The van der Waals surface area contributed by atoms with Crippen LogP contribution in [0.25, 0.3) is 10.3 Å². The molecule has 0 saturated carbocycles. The molecule has 146 valence electrons. The number of carbonyl (C=O) groups excluding carboxylic acids is 2.